The van der Waals surface area contributed by atoms with E-state index < -0.39 is 40.5 Å². The Bertz CT molecular complexity index is 1510. The Labute approximate surface area is 204 Å². The van der Waals surface area contributed by atoms with Gasteiger partial charge in [-0.3, -0.25) is 9.59 Å². The van der Waals surface area contributed by atoms with Crippen LogP contribution in [0.2, 0.25) is 0 Å². The molecule has 14 heteroatoms. The maximum atomic E-state index is 13.6. The van der Waals surface area contributed by atoms with Crippen molar-refractivity contribution in [2.75, 3.05) is 5.32 Å². The number of benzene rings is 1. The monoisotopic (exact) mass is 518 g/mol. The summed E-state index contributed by atoms with van der Waals surface area (Å²) < 4.78 is 41.9. The molecule has 0 saturated carbocycles. The molecule has 4 rings (SSSR count). The van der Waals surface area contributed by atoms with Gasteiger partial charge in [0.25, 0.3) is 11.8 Å². The Hall–Kier alpha value is -4.33. The van der Waals surface area contributed by atoms with Crippen molar-refractivity contribution in [3.63, 3.8) is 0 Å². The number of carbonyl (C=O) groups excluding carboxylic acids is 2. The molecule has 0 bridgehead atoms. The summed E-state index contributed by atoms with van der Waals surface area (Å²) in [5.41, 5.74) is 5.04. The number of aryl methyl sites for hydroxylation is 1. The molecule has 36 heavy (non-hydrogen) atoms. The predicted octanol–water partition coefficient (Wildman–Crippen LogP) is 4.69. The Morgan fingerprint density at radius 2 is 1.89 bits per heavy atom. The van der Waals surface area contributed by atoms with Gasteiger partial charge in [0.05, 0.1) is 22.5 Å². The Balaban J connectivity index is 1.88. The molecule has 0 aliphatic rings. The molecule has 186 valence electrons. The van der Waals surface area contributed by atoms with Crippen LogP contribution >= 0.6 is 11.3 Å². The number of hydrogen-bond donors (Lipinski definition) is 2. The van der Waals surface area contributed by atoms with Crippen LogP contribution in [0.4, 0.5) is 24.7 Å². The van der Waals surface area contributed by atoms with Gasteiger partial charge in [0.2, 0.25) is 0 Å². The van der Waals surface area contributed by atoms with Crippen LogP contribution in [0.15, 0.2) is 42.5 Å². The molecular weight excluding hydrogens is 501 g/mol. The van der Waals surface area contributed by atoms with Crippen molar-refractivity contribution < 1.29 is 27.7 Å². The highest BCUT2D eigenvalue weighted by Gasteiger charge is 2.35. The first-order valence-corrected chi connectivity index (χ1v) is 11.1. The number of primary amides is 1. The fraction of sp³-hybridized carbons (Fsp3) is 0.182. The largest absolute Gasteiger partial charge is 0.433 e. The summed E-state index contributed by atoms with van der Waals surface area (Å²) in [4.78, 5) is 39.0. The SMILES string of the molecule is Cc1cc([N+](=O)[O-])nn1C(C)C(=O)Nc1c(C(N)=O)sc2nc(C(F)(F)F)cc(-c3ccccc3)c12. The van der Waals surface area contributed by atoms with E-state index in [1.54, 1.807) is 30.3 Å². The number of pyridine rings is 1. The van der Waals surface area contributed by atoms with Gasteiger partial charge in [0, 0.05) is 5.39 Å². The van der Waals surface area contributed by atoms with E-state index in [1.807, 2.05) is 0 Å². The summed E-state index contributed by atoms with van der Waals surface area (Å²) in [7, 11) is 0. The number of nitrogens with zero attached hydrogens (tertiary/aromatic N) is 4. The minimum atomic E-state index is -4.77. The van der Waals surface area contributed by atoms with Gasteiger partial charge >= 0.3 is 12.0 Å². The van der Waals surface area contributed by atoms with E-state index in [4.69, 9.17) is 5.73 Å². The highest BCUT2D eigenvalue weighted by atomic mass is 32.1. The van der Waals surface area contributed by atoms with Gasteiger partial charge in [-0.15, -0.1) is 11.3 Å². The smallest absolute Gasteiger partial charge is 0.365 e. The van der Waals surface area contributed by atoms with Gasteiger partial charge in [-0.1, -0.05) is 30.3 Å². The Kier molecular flexibility index (Phi) is 6.22. The van der Waals surface area contributed by atoms with Crippen molar-refractivity contribution in [1.29, 1.82) is 0 Å². The molecule has 10 nitrogen and oxygen atoms in total. The number of nitro groups is 1. The van der Waals surface area contributed by atoms with Gasteiger partial charge in [-0.25, -0.2) is 4.98 Å². The van der Waals surface area contributed by atoms with E-state index in [0.29, 0.717) is 22.6 Å². The normalized spacial score (nSPS) is 12.5. The minimum absolute atomic E-state index is 0.0885. The number of fused-ring (bicyclic) bond motifs is 1. The Morgan fingerprint density at radius 3 is 2.44 bits per heavy atom. The topological polar surface area (TPSA) is 146 Å². The molecule has 1 atom stereocenters. The molecule has 1 aromatic carbocycles. The van der Waals surface area contributed by atoms with Gasteiger partial charge in [0.1, 0.15) is 21.4 Å². The number of halogens is 3. The summed E-state index contributed by atoms with van der Waals surface area (Å²) in [6, 6.07) is 9.06. The molecule has 0 radical (unpaired) electrons. The number of nitrogens with two attached hydrogens (primary N) is 1. The zero-order valence-corrected chi connectivity index (χ0v) is 19.5. The van der Waals surface area contributed by atoms with Crippen LogP contribution in [0, 0.1) is 17.0 Å². The zero-order valence-electron chi connectivity index (χ0n) is 18.7. The van der Waals surface area contributed by atoms with Crippen LogP contribution in [0.1, 0.15) is 34.0 Å². The lowest BCUT2D eigenvalue weighted by Crippen LogP contribution is -2.26. The first kappa shape index (κ1) is 24.8. The number of alkyl halides is 3. The van der Waals surface area contributed by atoms with Crippen molar-refractivity contribution >= 4 is 44.9 Å². The quantitative estimate of drug-likeness (QED) is 0.280. The second kappa shape index (κ2) is 9.03. The van der Waals surface area contributed by atoms with Crippen LogP contribution in [-0.4, -0.2) is 31.5 Å². The third-order valence-corrected chi connectivity index (χ3v) is 6.45. The van der Waals surface area contributed by atoms with Gasteiger partial charge in [0.15, 0.2) is 0 Å². The molecule has 0 saturated heterocycles. The molecule has 0 spiro atoms. The van der Waals surface area contributed by atoms with Crippen LogP contribution < -0.4 is 11.1 Å². The number of thiophene rings is 1. The van der Waals surface area contributed by atoms with E-state index in [2.05, 4.69) is 15.4 Å². The Morgan fingerprint density at radius 1 is 1.22 bits per heavy atom. The highest BCUT2D eigenvalue weighted by molar-refractivity contribution is 7.21. The standard InChI is InChI=1S/C22H17F3N6O4S/c1-10-8-15(31(34)35)29-30(10)11(2)20(33)28-17-16-13(12-6-4-3-5-7-12)9-14(22(23,24)25)27-21(16)36-18(17)19(26)32/h3-9,11H,1-2H3,(H2,26,32)(H,28,33). The molecule has 0 fully saturated rings. The number of hydrogen-bond acceptors (Lipinski definition) is 7. The fourth-order valence-corrected chi connectivity index (χ4v) is 4.68. The van der Waals surface area contributed by atoms with Crippen LogP contribution in [0.25, 0.3) is 21.3 Å². The lowest BCUT2D eigenvalue weighted by atomic mass is 10.0. The van der Waals surface area contributed by atoms with Crippen molar-refractivity contribution in [2.45, 2.75) is 26.1 Å². The average Bonchev–Trinajstić information content (AvgIpc) is 3.39. The number of rotatable bonds is 6. The molecule has 1 unspecified atom stereocenters. The van der Waals surface area contributed by atoms with Crippen LogP contribution in [0.5, 0.6) is 0 Å². The maximum Gasteiger partial charge on any atom is 0.433 e. The number of aromatic nitrogens is 3. The summed E-state index contributed by atoms with van der Waals surface area (Å²) in [5, 5.41) is 17.5. The molecule has 0 aliphatic heterocycles. The van der Waals surface area contributed by atoms with Gasteiger partial charge in [-0.2, -0.15) is 17.9 Å². The molecule has 4 aromatic rings. The van der Waals surface area contributed by atoms with E-state index >= 15 is 0 Å². The maximum absolute atomic E-state index is 13.6. The lowest BCUT2D eigenvalue weighted by molar-refractivity contribution is -0.389. The second-order valence-electron chi connectivity index (χ2n) is 7.78. The van der Waals surface area contributed by atoms with Crippen molar-refractivity contribution in [3.8, 4) is 11.1 Å². The van der Waals surface area contributed by atoms with E-state index in [0.717, 1.165) is 10.7 Å². The zero-order chi connectivity index (χ0) is 26.4. The van der Waals surface area contributed by atoms with Crippen molar-refractivity contribution in [1.82, 2.24) is 14.8 Å². The van der Waals surface area contributed by atoms with E-state index in [-0.39, 0.29) is 26.3 Å². The number of carbonyl (C=O) groups is 2. The minimum Gasteiger partial charge on any atom is -0.365 e. The van der Waals surface area contributed by atoms with Crippen LogP contribution in [-0.2, 0) is 11.0 Å². The fourth-order valence-electron chi connectivity index (χ4n) is 3.67. The second-order valence-corrected chi connectivity index (χ2v) is 8.78. The van der Waals surface area contributed by atoms with Crippen LogP contribution in [0.3, 0.4) is 0 Å². The lowest BCUT2D eigenvalue weighted by Gasteiger charge is -2.14. The summed E-state index contributed by atoms with van der Waals surface area (Å²) in [6.07, 6.45) is -4.77. The number of nitrogens with one attached hydrogen (secondary N) is 1. The first-order chi connectivity index (χ1) is 16.9. The molecule has 0 aliphatic carbocycles. The average molecular weight is 518 g/mol. The summed E-state index contributed by atoms with van der Waals surface area (Å²) in [6.45, 7) is 2.95. The third-order valence-electron chi connectivity index (χ3n) is 5.35. The molecule has 3 heterocycles. The molecule has 3 N–H and O–H groups in total. The van der Waals surface area contributed by atoms with Crippen molar-refractivity contribution in [2.24, 2.45) is 5.73 Å². The van der Waals surface area contributed by atoms with Gasteiger partial charge in [-0.05, 0) is 36.0 Å². The number of amides is 2. The number of anilines is 1. The summed E-state index contributed by atoms with van der Waals surface area (Å²) >= 11 is 0.620. The van der Waals surface area contributed by atoms with Crippen molar-refractivity contribution in [3.05, 3.63) is 68.8 Å². The van der Waals surface area contributed by atoms with E-state index in [1.165, 1.54) is 19.9 Å². The first-order valence-electron chi connectivity index (χ1n) is 10.3. The third kappa shape index (κ3) is 4.49. The molecular formula is C22H17F3N6O4S. The molecule has 3 aromatic heterocycles. The van der Waals surface area contributed by atoms with E-state index in [9.17, 15) is 32.9 Å². The highest BCUT2D eigenvalue weighted by Crippen LogP contribution is 2.43. The predicted molar refractivity (Wildman–Crippen MR) is 126 cm³/mol. The molecule has 2 amide bonds. The summed E-state index contributed by atoms with van der Waals surface area (Å²) in [5.74, 6) is -2.15. The van der Waals surface area contributed by atoms with Gasteiger partial charge < -0.3 is 21.2 Å².